The van der Waals surface area contributed by atoms with Gasteiger partial charge in [0.2, 0.25) is 0 Å². The first-order chi connectivity index (χ1) is 5.07. The van der Waals surface area contributed by atoms with Gasteiger partial charge in [-0.05, 0) is 20.9 Å². The van der Waals surface area contributed by atoms with Crippen molar-refractivity contribution in [2.45, 2.75) is 26.1 Å². The third-order valence-electron chi connectivity index (χ3n) is 1.28. The van der Waals surface area contributed by atoms with E-state index in [4.69, 9.17) is 9.84 Å². The van der Waals surface area contributed by atoms with E-state index in [2.05, 4.69) is 5.32 Å². The summed E-state index contributed by atoms with van der Waals surface area (Å²) < 4.78 is 5.09. The molecule has 4 heteroatoms. The number of hydrogen-bond acceptors (Lipinski definition) is 3. The predicted octanol–water partition coefficient (Wildman–Crippen LogP) is 0.0840. The van der Waals surface area contributed by atoms with Crippen molar-refractivity contribution in [2.24, 2.45) is 0 Å². The zero-order valence-electron chi connectivity index (χ0n) is 7.13. The van der Waals surface area contributed by atoms with Crippen molar-refractivity contribution in [3.63, 3.8) is 0 Å². The highest BCUT2D eigenvalue weighted by Crippen LogP contribution is 1.96. The number of hydrogen-bond donors (Lipinski definition) is 2. The summed E-state index contributed by atoms with van der Waals surface area (Å²) in [4.78, 5) is 10.3. The van der Waals surface area contributed by atoms with Crippen molar-refractivity contribution in [3.8, 4) is 0 Å². The molecule has 0 rings (SSSR count). The SMILES string of the molecule is CNCC(C)OC(C)C(=O)O. The number of carboxylic acids is 1. The van der Waals surface area contributed by atoms with Crippen LogP contribution in [0.3, 0.4) is 0 Å². The van der Waals surface area contributed by atoms with E-state index in [-0.39, 0.29) is 6.10 Å². The molecule has 0 aromatic carbocycles. The Bertz CT molecular complexity index is 127. The normalized spacial score (nSPS) is 15.9. The number of carboxylic acid groups (broad SMARTS) is 1. The molecule has 2 unspecified atom stereocenters. The van der Waals surface area contributed by atoms with Crippen molar-refractivity contribution < 1.29 is 14.6 Å². The molecule has 0 aliphatic carbocycles. The van der Waals surface area contributed by atoms with Gasteiger partial charge in [-0.25, -0.2) is 4.79 Å². The summed E-state index contributed by atoms with van der Waals surface area (Å²) >= 11 is 0. The lowest BCUT2D eigenvalue weighted by Crippen LogP contribution is -2.30. The molecule has 0 aromatic rings. The molecule has 0 saturated heterocycles. The van der Waals surface area contributed by atoms with Gasteiger partial charge in [-0.2, -0.15) is 0 Å². The molecule has 0 saturated carbocycles. The van der Waals surface area contributed by atoms with E-state index in [0.29, 0.717) is 6.54 Å². The molecule has 4 nitrogen and oxygen atoms in total. The molecule has 11 heavy (non-hydrogen) atoms. The Labute approximate surface area is 66.5 Å². The van der Waals surface area contributed by atoms with Crippen molar-refractivity contribution >= 4 is 5.97 Å². The number of nitrogens with one attached hydrogen (secondary N) is 1. The summed E-state index contributed by atoms with van der Waals surface area (Å²) in [5.41, 5.74) is 0. The van der Waals surface area contributed by atoms with E-state index in [0.717, 1.165) is 0 Å². The van der Waals surface area contributed by atoms with Gasteiger partial charge >= 0.3 is 5.97 Å². The number of aliphatic carboxylic acids is 1. The molecule has 0 aliphatic heterocycles. The highest BCUT2D eigenvalue weighted by molar-refractivity contribution is 5.71. The standard InChI is InChI=1S/C7H15NO3/c1-5(4-8-3)11-6(2)7(9)10/h5-6,8H,4H2,1-3H3,(H,9,10). The highest BCUT2D eigenvalue weighted by atomic mass is 16.5. The molecule has 2 atom stereocenters. The Balaban J connectivity index is 3.56. The number of ether oxygens (including phenoxy) is 1. The average Bonchev–Trinajstić information content (AvgIpc) is 1.87. The van der Waals surface area contributed by atoms with E-state index >= 15 is 0 Å². The Morgan fingerprint density at radius 1 is 1.64 bits per heavy atom. The quantitative estimate of drug-likeness (QED) is 0.599. The molecular weight excluding hydrogens is 146 g/mol. The maximum Gasteiger partial charge on any atom is 0.332 e. The van der Waals surface area contributed by atoms with Crippen LogP contribution in [0.4, 0.5) is 0 Å². The zero-order valence-corrected chi connectivity index (χ0v) is 7.13. The van der Waals surface area contributed by atoms with E-state index < -0.39 is 12.1 Å². The van der Waals surface area contributed by atoms with Crippen LogP contribution in [0.25, 0.3) is 0 Å². The van der Waals surface area contributed by atoms with Crippen molar-refractivity contribution in [3.05, 3.63) is 0 Å². The first-order valence-electron chi connectivity index (χ1n) is 3.60. The number of carbonyl (C=O) groups is 1. The Morgan fingerprint density at radius 2 is 2.18 bits per heavy atom. The largest absolute Gasteiger partial charge is 0.479 e. The van der Waals surface area contributed by atoms with Crippen LogP contribution in [0.2, 0.25) is 0 Å². The fourth-order valence-electron chi connectivity index (χ4n) is 0.742. The van der Waals surface area contributed by atoms with Crippen LogP contribution < -0.4 is 5.32 Å². The van der Waals surface area contributed by atoms with Gasteiger partial charge in [0, 0.05) is 6.54 Å². The van der Waals surface area contributed by atoms with Crippen molar-refractivity contribution in [1.82, 2.24) is 5.32 Å². The third-order valence-corrected chi connectivity index (χ3v) is 1.28. The molecule has 0 amide bonds. The Kier molecular flexibility index (Phi) is 4.81. The van der Waals surface area contributed by atoms with Crippen LogP contribution in [0, 0.1) is 0 Å². The van der Waals surface area contributed by atoms with Gasteiger partial charge in [-0.15, -0.1) is 0 Å². The Hall–Kier alpha value is -0.610. The second-order valence-corrected chi connectivity index (χ2v) is 2.48. The molecular formula is C7H15NO3. The second-order valence-electron chi connectivity index (χ2n) is 2.48. The summed E-state index contributed by atoms with van der Waals surface area (Å²) in [5.74, 6) is -0.923. The molecule has 0 aromatic heterocycles. The van der Waals surface area contributed by atoms with Gasteiger partial charge < -0.3 is 15.2 Å². The van der Waals surface area contributed by atoms with Gasteiger partial charge in [0.25, 0.3) is 0 Å². The van der Waals surface area contributed by atoms with E-state index in [1.165, 1.54) is 6.92 Å². The molecule has 0 fully saturated rings. The summed E-state index contributed by atoms with van der Waals surface area (Å²) in [6, 6.07) is 0. The minimum atomic E-state index is -0.923. The molecule has 0 heterocycles. The maximum absolute atomic E-state index is 10.3. The molecule has 0 aliphatic rings. The summed E-state index contributed by atoms with van der Waals surface area (Å²) in [5, 5.41) is 11.3. The third kappa shape index (κ3) is 4.75. The minimum absolute atomic E-state index is 0.0638. The molecule has 0 bridgehead atoms. The fraction of sp³-hybridized carbons (Fsp3) is 0.857. The van der Waals surface area contributed by atoms with Crippen LogP contribution in [0.15, 0.2) is 0 Å². The molecule has 66 valence electrons. The van der Waals surface area contributed by atoms with Gasteiger partial charge in [0.1, 0.15) is 0 Å². The monoisotopic (exact) mass is 161 g/mol. The minimum Gasteiger partial charge on any atom is -0.479 e. The lowest BCUT2D eigenvalue weighted by molar-refractivity contribution is -0.152. The Morgan fingerprint density at radius 3 is 2.55 bits per heavy atom. The highest BCUT2D eigenvalue weighted by Gasteiger charge is 2.13. The smallest absolute Gasteiger partial charge is 0.332 e. The first-order valence-corrected chi connectivity index (χ1v) is 3.60. The lowest BCUT2D eigenvalue weighted by atomic mass is 10.3. The topological polar surface area (TPSA) is 58.6 Å². The summed E-state index contributed by atoms with van der Waals surface area (Å²) in [6.07, 6.45) is -0.788. The number of rotatable bonds is 5. The molecule has 0 spiro atoms. The second kappa shape index (κ2) is 5.09. The van der Waals surface area contributed by atoms with E-state index in [9.17, 15) is 4.79 Å². The van der Waals surface area contributed by atoms with Crippen LogP contribution in [0.1, 0.15) is 13.8 Å². The maximum atomic E-state index is 10.3. The summed E-state index contributed by atoms with van der Waals surface area (Å²) in [6.45, 7) is 4.02. The van der Waals surface area contributed by atoms with Crippen molar-refractivity contribution in [1.29, 1.82) is 0 Å². The zero-order chi connectivity index (χ0) is 8.85. The van der Waals surface area contributed by atoms with Gasteiger partial charge in [-0.1, -0.05) is 0 Å². The van der Waals surface area contributed by atoms with Gasteiger partial charge in [0.15, 0.2) is 6.10 Å². The summed E-state index contributed by atoms with van der Waals surface area (Å²) in [7, 11) is 1.80. The van der Waals surface area contributed by atoms with Crippen LogP contribution in [-0.2, 0) is 9.53 Å². The fourth-order valence-corrected chi connectivity index (χ4v) is 0.742. The number of likely N-dealkylation sites (N-methyl/N-ethyl adjacent to an activating group) is 1. The predicted molar refractivity (Wildman–Crippen MR) is 41.6 cm³/mol. The lowest BCUT2D eigenvalue weighted by Gasteiger charge is -2.15. The van der Waals surface area contributed by atoms with Crippen LogP contribution >= 0.6 is 0 Å². The first kappa shape index (κ1) is 10.4. The van der Waals surface area contributed by atoms with E-state index in [1.807, 2.05) is 6.92 Å². The average molecular weight is 161 g/mol. The van der Waals surface area contributed by atoms with Gasteiger partial charge in [0.05, 0.1) is 6.10 Å². The van der Waals surface area contributed by atoms with E-state index in [1.54, 1.807) is 7.05 Å². The van der Waals surface area contributed by atoms with Crippen LogP contribution in [-0.4, -0.2) is 36.9 Å². The molecule has 2 N–H and O–H groups in total. The van der Waals surface area contributed by atoms with Gasteiger partial charge in [-0.3, -0.25) is 0 Å². The molecule has 0 radical (unpaired) electrons. The van der Waals surface area contributed by atoms with Crippen LogP contribution in [0.5, 0.6) is 0 Å². The van der Waals surface area contributed by atoms with Crippen molar-refractivity contribution in [2.75, 3.05) is 13.6 Å².